The van der Waals surface area contributed by atoms with Crippen molar-refractivity contribution in [3.63, 3.8) is 0 Å². The van der Waals surface area contributed by atoms with E-state index in [1.54, 1.807) is 37.3 Å². The molecule has 0 aromatic heterocycles. The molecule has 2 rings (SSSR count). The van der Waals surface area contributed by atoms with Gasteiger partial charge in [-0.2, -0.15) is 0 Å². The fraction of sp³-hybridized carbons (Fsp3) is 0.462. The molecule has 1 unspecified atom stereocenters. The fourth-order valence-corrected chi connectivity index (χ4v) is 2.10. The minimum absolute atomic E-state index is 0.172. The average Bonchev–Trinajstić information content (AvgIpc) is 2.56. The summed E-state index contributed by atoms with van der Waals surface area (Å²) in [6.07, 6.45) is -0.495. The fourth-order valence-electron chi connectivity index (χ4n) is 2.10. The zero-order valence-electron chi connectivity index (χ0n) is 9.58. The van der Waals surface area contributed by atoms with E-state index in [4.69, 9.17) is 4.74 Å². The standard InChI is InChI=1S/C13H14F2O2/c1-12(7-8-13(14,15)9-12)11(16)17-10-5-3-2-4-6-10/h2-6H,7-9H2,1H3. The quantitative estimate of drug-likeness (QED) is 0.585. The van der Waals surface area contributed by atoms with Gasteiger partial charge in [0.1, 0.15) is 5.75 Å². The predicted octanol–water partition coefficient (Wildman–Crippen LogP) is 3.42. The molecule has 0 aliphatic heterocycles. The number of hydrogen-bond acceptors (Lipinski definition) is 2. The van der Waals surface area contributed by atoms with Crippen molar-refractivity contribution in [2.24, 2.45) is 5.41 Å². The van der Waals surface area contributed by atoms with E-state index in [0.29, 0.717) is 5.75 Å². The molecule has 1 fully saturated rings. The van der Waals surface area contributed by atoms with Gasteiger partial charge in [0.2, 0.25) is 5.92 Å². The van der Waals surface area contributed by atoms with Crippen LogP contribution in [0.4, 0.5) is 8.78 Å². The summed E-state index contributed by atoms with van der Waals surface area (Å²) in [5.74, 6) is -2.92. The molecule has 0 N–H and O–H groups in total. The van der Waals surface area contributed by atoms with Crippen LogP contribution in [0.15, 0.2) is 30.3 Å². The molecule has 1 saturated carbocycles. The van der Waals surface area contributed by atoms with E-state index < -0.39 is 23.7 Å². The second-order valence-corrected chi connectivity index (χ2v) is 4.80. The van der Waals surface area contributed by atoms with Crippen LogP contribution in [0, 0.1) is 5.41 Å². The van der Waals surface area contributed by atoms with Crippen LogP contribution >= 0.6 is 0 Å². The van der Waals surface area contributed by atoms with Crippen molar-refractivity contribution in [1.82, 2.24) is 0 Å². The molecular formula is C13H14F2O2. The zero-order valence-corrected chi connectivity index (χ0v) is 9.58. The maximum absolute atomic E-state index is 13.1. The van der Waals surface area contributed by atoms with Crippen LogP contribution in [0.2, 0.25) is 0 Å². The van der Waals surface area contributed by atoms with Crippen molar-refractivity contribution in [2.75, 3.05) is 0 Å². The van der Waals surface area contributed by atoms with Gasteiger partial charge in [-0.15, -0.1) is 0 Å². The highest BCUT2D eigenvalue weighted by molar-refractivity contribution is 5.79. The van der Waals surface area contributed by atoms with Crippen LogP contribution in [-0.4, -0.2) is 11.9 Å². The van der Waals surface area contributed by atoms with Crippen LogP contribution in [0.1, 0.15) is 26.2 Å². The van der Waals surface area contributed by atoms with Gasteiger partial charge in [0.05, 0.1) is 5.41 Å². The minimum Gasteiger partial charge on any atom is -0.426 e. The number of benzene rings is 1. The van der Waals surface area contributed by atoms with Gasteiger partial charge in [0.15, 0.2) is 0 Å². The molecule has 0 saturated heterocycles. The second-order valence-electron chi connectivity index (χ2n) is 4.80. The van der Waals surface area contributed by atoms with Crippen LogP contribution < -0.4 is 4.74 Å². The SMILES string of the molecule is CC1(C(=O)Oc2ccccc2)CCC(F)(F)C1. The van der Waals surface area contributed by atoms with E-state index in [9.17, 15) is 13.6 Å². The molecule has 1 atom stereocenters. The summed E-state index contributed by atoms with van der Waals surface area (Å²) in [6.45, 7) is 1.54. The number of carbonyl (C=O) groups is 1. The van der Waals surface area contributed by atoms with Gasteiger partial charge in [-0.1, -0.05) is 18.2 Å². The molecule has 0 bridgehead atoms. The molecule has 1 aliphatic carbocycles. The number of ether oxygens (including phenoxy) is 1. The molecule has 2 nitrogen and oxygen atoms in total. The summed E-state index contributed by atoms with van der Waals surface area (Å²) >= 11 is 0. The number of para-hydroxylation sites is 1. The van der Waals surface area contributed by atoms with E-state index in [0.717, 1.165) is 0 Å². The van der Waals surface area contributed by atoms with E-state index in [-0.39, 0.29) is 12.8 Å². The molecular weight excluding hydrogens is 226 g/mol. The Kier molecular flexibility index (Phi) is 2.89. The molecule has 1 aromatic carbocycles. The molecule has 4 heteroatoms. The third kappa shape index (κ3) is 2.62. The van der Waals surface area contributed by atoms with Gasteiger partial charge in [-0.3, -0.25) is 4.79 Å². The molecule has 0 amide bonds. The first-order valence-corrected chi connectivity index (χ1v) is 5.57. The first-order valence-electron chi connectivity index (χ1n) is 5.57. The van der Waals surface area contributed by atoms with Crippen molar-refractivity contribution in [1.29, 1.82) is 0 Å². The maximum atomic E-state index is 13.1. The maximum Gasteiger partial charge on any atom is 0.317 e. The third-order valence-electron chi connectivity index (χ3n) is 3.14. The number of carbonyl (C=O) groups excluding carboxylic acids is 1. The topological polar surface area (TPSA) is 26.3 Å². The van der Waals surface area contributed by atoms with Crippen molar-refractivity contribution >= 4 is 5.97 Å². The Bertz CT molecular complexity index is 417. The molecule has 17 heavy (non-hydrogen) atoms. The zero-order chi connectivity index (χ0) is 12.5. The van der Waals surface area contributed by atoms with Crippen molar-refractivity contribution in [2.45, 2.75) is 32.1 Å². The lowest BCUT2D eigenvalue weighted by Gasteiger charge is -2.21. The highest BCUT2D eigenvalue weighted by atomic mass is 19.3. The number of alkyl halides is 2. The first kappa shape index (κ1) is 12.0. The molecule has 0 heterocycles. The molecule has 0 radical (unpaired) electrons. The Balaban J connectivity index is 2.06. The Labute approximate surface area is 98.6 Å². The monoisotopic (exact) mass is 240 g/mol. The minimum atomic E-state index is -2.75. The normalized spacial score (nSPS) is 26.8. The van der Waals surface area contributed by atoms with Gasteiger partial charge < -0.3 is 4.74 Å². The number of esters is 1. The van der Waals surface area contributed by atoms with Crippen LogP contribution in [0.3, 0.4) is 0 Å². The number of hydrogen-bond donors (Lipinski definition) is 0. The van der Waals surface area contributed by atoms with Gasteiger partial charge in [0, 0.05) is 12.8 Å². The Morgan fingerprint density at radius 3 is 2.41 bits per heavy atom. The van der Waals surface area contributed by atoms with Gasteiger partial charge >= 0.3 is 5.97 Å². The average molecular weight is 240 g/mol. The van der Waals surface area contributed by atoms with E-state index in [1.165, 1.54) is 0 Å². The molecule has 1 aromatic rings. The summed E-state index contributed by atoms with van der Waals surface area (Å²) in [6, 6.07) is 8.52. The largest absolute Gasteiger partial charge is 0.426 e. The lowest BCUT2D eigenvalue weighted by atomic mass is 9.89. The second kappa shape index (κ2) is 4.09. The Morgan fingerprint density at radius 1 is 1.24 bits per heavy atom. The summed E-state index contributed by atoms with van der Waals surface area (Å²) in [7, 11) is 0. The van der Waals surface area contributed by atoms with Crippen molar-refractivity contribution in [3.05, 3.63) is 30.3 Å². The van der Waals surface area contributed by atoms with Crippen LogP contribution in [0.5, 0.6) is 5.75 Å². The number of rotatable bonds is 2. The highest BCUT2D eigenvalue weighted by Gasteiger charge is 2.51. The van der Waals surface area contributed by atoms with Crippen LogP contribution in [-0.2, 0) is 4.79 Å². The third-order valence-corrected chi connectivity index (χ3v) is 3.14. The summed E-state index contributed by atoms with van der Waals surface area (Å²) in [5.41, 5.74) is -1.07. The molecule has 1 aliphatic rings. The van der Waals surface area contributed by atoms with Crippen molar-refractivity contribution < 1.29 is 18.3 Å². The molecule has 0 spiro atoms. The summed E-state index contributed by atoms with van der Waals surface area (Å²) < 4.78 is 31.4. The van der Waals surface area contributed by atoms with E-state index in [2.05, 4.69) is 0 Å². The highest BCUT2D eigenvalue weighted by Crippen LogP contribution is 2.47. The summed E-state index contributed by atoms with van der Waals surface area (Å²) in [4.78, 5) is 11.9. The lowest BCUT2D eigenvalue weighted by molar-refractivity contribution is -0.146. The Hall–Kier alpha value is -1.45. The lowest BCUT2D eigenvalue weighted by Crippen LogP contribution is -2.31. The number of halogens is 2. The van der Waals surface area contributed by atoms with E-state index >= 15 is 0 Å². The van der Waals surface area contributed by atoms with Crippen LogP contribution in [0.25, 0.3) is 0 Å². The summed E-state index contributed by atoms with van der Waals surface area (Å²) in [5, 5.41) is 0. The van der Waals surface area contributed by atoms with Gasteiger partial charge in [-0.25, -0.2) is 8.78 Å². The first-order chi connectivity index (χ1) is 7.91. The van der Waals surface area contributed by atoms with Gasteiger partial charge in [-0.05, 0) is 25.5 Å². The van der Waals surface area contributed by atoms with Gasteiger partial charge in [0.25, 0.3) is 0 Å². The predicted molar refractivity (Wildman–Crippen MR) is 59.0 cm³/mol. The Morgan fingerprint density at radius 2 is 1.88 bits per heavy atom. The smallest absolute Gasteiger partial charge is 0.317 e. The van der Waals surface area contributed by atoms with E-state index in [1.807, 2.05) is 0 Å². The molecule has 92 valence electrons. The van der Waals surface area contributed by atoms with Crippen molar-refractivity contribution in [3.8, 4) is 5.75 Å².